The second-order valence-electron chi connectivity index (χ2n) is 4.84. The number of halogens is 2. The molecule has 0 unspecified atom stereocenters. The fraction of sp³-hybridized carbons (Fsp3) is 0.462. The van der Waals surface area contributed by atoms with Gasteiger partial charge in [-0.1, -0.05) is 0 Å². The van der Waals surface area contributed by atoms with Crippen LogP contribution in [-0.2, 0) is 21.2 Å². The van der Waals surface area contributed by atoms with E-state index in [9.17, 15) is 13.2 Å². The number of amides is 1. The molecule has 1 aliphatic rings. The number of nitrogens with one attached hydrogen (secondary N) is 3. The molecule has 124 valence electrons. The van der Waals surface area contributed by atoms with Crippen molar-refractivity contribution in [3.05, 3.63) is 22.2 Å². The number of fused-ring (bicyclic) bond motifs is 1. The normalized spacial score (nSPS) is 14.0. The molecule has 0 radical (unpaired) electrons. The Bertz CT molecular complexity index is 652. The Labute approximate surface area is 145 Å². The Kier molecular flexibility index (Phi) is 7.27. The lowest BCUT2D eigenvalue weighted by atomic mass is 10.0. The maximum absolute atomic E-state index is 12.3. The largest absolute Gasteiger partial charge is 0.326 e. The summed E-state index contributed by atoms with van der Waals surface area (Å²) in [6.45, 7) is 1.10. The highest BCUT2D eigenvalue weighted by atomic mass is 79.9. The number of benzene rings is 1. The van der Waals surface area contributed by atoms with Gasteiger partial charge in [0.2, 0.25) is 15.9 Å². The standard InChI is InChI=1S/C13H18BrN3O3S.ClH/c1-15-5-2-6-16-21(19,20)12-8-11-9(7-10(12)14)3-4-13(18)17-11;/h7-8,15-16H,2-6H2,1H3,(H,17,18);1H. The van der Waals surface area contributed by atoms with Crippen LogP contribution in [0.3, 0.4) is 0 Å². The first kappa shape index (κ1) is 19.4. The third-order valence-electron chi connectivity index (χ3n) is 3.24. The molecule has 1 amide bonds. The summed E-state index contributed by atoms with van der Waals surface area (Å²) in [6, 6.07) is 3.27. The van der Waals surface area contributed by atoms with E-state index < -0.39 is 10.0 Å². The third kappa shape index (κ3) is 4.66. The monoisotopic (exact) mass is 411 g/mol. The zero-order valence-corrected chi connectivity index (χ0v) is 15.3. The molecule has 0 aliphatic carbocycles. The van der Waals surface area contributed by atoms with Crippen LogP contribution in [0.5, 0.6) is 0 Å². The highest BCUT2D eigenvalue weighted by Gasteiger charge is 2.22. The molecule has 6 nitrogen and oxygen atoms in total. The van der Waals surface area contributed by atoms with Crippen LogP contribution in [0.15, 0.2) is 21.5 Å². The van der Waals surface area contributed by atoms with Crippen molar-refractivity contribution in [2.75, 3.05) is 25.5 Å². The quantitative estimate of drug-likeness (QED) is 0.620. The molecule has 0 saturated heterocycles. The zero-order chi connectivity index (χ0) is 15.5. The van der Waals surface area contributed by atoms with E-state index in [1.165, 1.54) is 6.07 Å². The number of carbonyl (C=O) groups is 1. The summed E-state index contributed by atoms with van der Waals surface area (Å²) in [6.07, 6.45) is 1.75. The van der Waals surface area contributed by atoms with E-state index in [0.717, 1.165) is 12.1 Å². The van der Waals surface area contributed by atoms with Crippen molar-refractivity contribution in [2.45, 2.75) is 24.2 Å². The Hall–Kier alpha value is -0.670. The van der Waals surface area contributed by atoms with Crippen molar-refractivity contribution in [2.24, 2.45) is 0 Å². The first-order valence-electron chi connectivity index (χ1n) is 6.70. The molecule has 1 aromatic carbocycles. The van der Waals surface area contributed by atoms with Gasteiger partial charge in [0, 0.05) is 23.1 Å². The van der Waals surface area contributed by atoms with Gasteiger partial charge >= 0.3 is 0 Å². The number of sulfonamides is 1. The lowest BCUT2D eigenvalue weighted by Crippen LogP contribution is -2.27. The number of anilines is 1. The van der Waals surface area contributed by atoms with E-state index in [0.29, 0.717) is 36.0 Å². The van der Waals surface area contributed by atoms with Gasteiger partial charge in [-0.3, -0.25) is 4.79 Å². The summed E-state index contributed by atoms with van der Waals surface area (Å²) in [4.78, 5) is 11.6. The van der Waals surface area contributed by atoms with Crippen LogP contribution >= 0.6 is 28.3 Å². The Morgan fingerprint density at radius 3 is 2.68 bits per heavy atom. The summed E-state index contributed by atoms with van der Waals surface area (Å²) in [5, 5.41) is 5.67. The molecular weight excluding hydrogens is 394 g/mol. The number of aryl methyl sites for hydroxylation is 1. The third-order valence-corrected chi connectivity index (χ3v) is 5.66. The number of carbonyl (C=O) groups excluding carboxylic acids is 1. The van der Waals surface area contributed by atoms with Crippen molar-refractivity contribution in [1.29, 1.82) is 0 Å². The molecule has 0 fully saturated rings. The first-order valence-corrected chi connectivity index (χ1v) is 8.98. The maximum atomic E-state index is 12.3. The van der Waals surface area contributed by atoms with Gasteiger partial charge in [-0.05, 0) is 60.1 Å². The number of hydrogen-bond acceptors (Lipinski definition) is 4. The van der Waals surface area contributed by atoms with Crippen LogP contribution in [0.4, 0.5) is 5.69 Å². The molecule has 22 heavy (non-hydrogen) atoms. The molecule has 1 heterocycles. The van der Waals surface area contributed by atoms with Crippen LogP contribution in [0.25, 0.3) is 0 Å². The van der Waals surface area contributed by atoms with Crippen LogP contribution in [0.2, 0.25) is 0 Å². The maximum Gasteiger partial charge on any atom is 0.241 e. The van der Waals surface area contributed by atoms with E-state index in [1.807, 2.05) is 7.05 Å². The molecule has 1 aromatic rings. The molecule has 0 aromatic heterocycles. The zero-order valence-electron chi connectivity index (χ0n) is 12.1. The first-order chi connectivity index (χ1) is 9.94. The van der Waals surface area contributed by atoms with Gasteiger partial charge in [0.1, 0.15) is 0 Å². The van der Waals surface area contributed by atoms with E-state index in [2.05, 4.69) is 31.3 Å². The predicted molar refractivity (Wildman–Crippen MR) is 92.1 cm³/mol. The van der Waals surface area contributed by atoms with E-state index in [1.54, 1.807) is 6.07 Å². The highest BCUT2D eigenvalue weighted by Crippen LogP contribution is 2.31. The van der Waals surface area contributed by atoms with Gasteiger partial charge in [-0.15, -0.1) is 12.4 Å². The van der Waals surface area contributed by atoms with E-state index in [-0.39, 0.29) is 23.2 Å². The minimum Gasteiger partial charge on any atom is -0.326 e. The molecule has 0 saturated carbocycles. The highest BCUT2D eigenvalue weighted by molar-refractivity contribution is 9.10. The minimum absolute atomic E-state index is 0. The Balaban J connectivity index is 0.00000242. The Morgan fingerprint density at radius 1 is 1.27 bits per heavy atom. The summed E-state index contributed by atoms with van der Waals surface area (Å²) < 4.78 is 27.7. The second kappa shape index (κ2) is 8.26. The number of hydrogen-bond donors (Lipinski definition) is 3. The van der Waals surface area contributed by atoms with Gasteiger partial charge in [-0.2, -0.15) is 0 Å². The Morgan fingerprint density at radius 2 is 2.00 bits per heavy atom. The van der Waals surface area contributed by atoms with Gasteiger partial charge < -0.3 is 10.6 Å². The smallest absolute Gasteiger partial charge is 0.241 e. The van der Waals surface area contributed by atoms with Crippen molar-refractivity contribution in [3.8, 4) is 0 Å². The lowest BCUT2D eigenvalue weighted by Gasteiger charge is -2.19. The summed E-state index contributed by atoms with van der Waals surface area (Å²) >= 11 is 3.30. The van der Waals surface area contributed by atoms with Crippen LogP contribution < -0.4 is 15.4 Å². The average Bonchev–Trinajstić information content (AvgIpc) is 2.43. The topological polar surface area (TPSA) is 87.3 Å². The van der Waals surface area contributed by atoms with Crippen molar-refractivity contribution in [1.82, 2.24) is 10.0 Å². The molecule has 0 bridgehead atoms. The van der Waals surface area contributed by atoms with Gasteiger partial charge in [0.25, 0.3) is 0 Å². The van der Waals surface area contributed by atoms with E-state index in [4.69, 9.17) is 0 Å². The van der Waals surface area contributed by atoms with Crippen molar-refractivity contribution in [3.63, 3.8) is 0 Å². The van der Waals surface area contributed by atoms with E-state index >= 15 is 0 Å². The molecule has 9 heteroatoms. The van der Waals surface area contributed by atoms with Gasteiger partial charge in [0.05, 0.1) is 4.90 Å². The fourth-order valence-corrected chi connectivity index (χ4v) is 4.32. The fourth-order valence-electron chi connectivity index (χ4n) is 2.13. The molecule has 0 atom stereocenters. The minimum atomic E-state index is -3.60. The lowest BCUT2D eigenvalue weighted by molar-refractivity contribution is -0.116. The van der Waals surface area contributed by atoms with Gasteiger partial charge in [-0.25, -0.2) is 13.1 Å². The van der Waals surface area contributed by atoms with Gasteiger partial charge in [0.15, 0.2) is 0 Å². The predicted octanol–water partition coefficient (Wildman–Crippen LogP) is 1.64. The second-order valence-corrected chi connectivity index (χ2v) is 7.43. The van der Waals surface area contributed by atoms with Crippen LogP contribution in [0.1, 0.15) is 18.4 Å². The molecule has 1 aliphatic heterocycles. The summed E-state index contributed by atoms with van der Waals surface area (Å²) in [5.74, 6) is -0.0878. The SMILES string of the molecule is CNCCCNS(=O)(=O)c1cc2c(cc1Br)CCC(=O)N2.Cl. The molecule has 0 spiro atoms. The molecule has 3 N–H and O–H groups in total. The van der Waals surface area contributed by atoms with Crippen LogP contribution in [-0.4, -0.2) is 34.5 Å². The van der Waals surface area contributed by atoms with Crippen molar-refractivity contribution >= 4 is 50.0 Å². The average molecular weight is 413 g/mol. The molecule has 2 rings (SSSR count). The molecular formula is C13H19BrClN3O3S. The number of rotatable bonds is 6. The van der Waals surface area contributed by atoms with Crippen molar-refractivity contribution < 1.29 is 13.2 Å². The summed E-state index contributed by atoms with van der Waals surface area (Å²) in [7, 11) is -1.78. The summed E-state index contributed by atoms with van der Waals surface area (Å²) in [5.41, 5.74) is 1.51. The van der Waals surface area contributed by atoms with Crippen LogP contribution in [0, 0.1) is 0 Å².